The lowest BCUT2D eigenvalue weighted by Crippen LogP contribution is -2.21. The zero-order chi connectivity index (χ0) is 15.2. The molecule has 2 rings (SSSR count). The van der Waals surface area contributed by atoms with Gasteiger partial charge in [0.15, 0.2) is 0 Å². The number of fused-ring (bicyclic) bond motifs is 1. The highest BCUT2D eigenvalue weighted by Crippen LogP contribution is 2.35. The van der Waals surface area contributed by atoms with Crippen molar-refractivity contribution in [3.05, 3.63) is 24.0 Å². The Kier molecular flexibility index (Phi) is 5.51. The Morgan fingerprint density at radius 1 is 1.10 bits per heavy atom. The standard InChI is InChI=1S/C17H25NO3/c1-5-7-14(18-8-6-2)17-11-13-15(20-4)9-12(19-3)10-16(13)21-17/h9-11,14,18H,5-8H2,1-4H3. The second-order valence-electron chi connectivity index (χ2n) is 5.19. The molecule has 0 amide bonds. The van der Waals surface area contributed by atoms with E-state index in [4.69, 9.17) is 13.9 Å². The zero-order valence-electron chi connectivity index (χ0n) is 13.4. The van der Waals surface area contributed by atoms with Crippen molar-refractivity contribution in [2.24, 2.45) is 0 Å². The highest BCUT2D eigenvalue weighted by atomic mass is 16.5. The van der Waals surface area contributed by atoms with Crippen LogP contribution in [0.25, 0.3) is 11.0 Å². The van der Waals surface area contributed by atoms with Crippen LogP contribution in [-0.2, 0) is 0 Å². The first kappa shape index (κ1) is 15.7. The average Bonchev–Trinajstić information content (AvgIpc) is 2.94. The molecule has 1 heterocycles. The van der Waals surface area contributed by atoms with E-state index in [1.165, 1.54) is 0 Å². The molecule has 0 radical (unpaired) electrons. The Morgan fingerprint density at radius 2 is 1.90 bits per heavy atom. The molecule has 0 aliphatic carbocycles. The van der Waals surface area contributed by atoms with E-state index in [0.717, 1.165) is 54.0 Å². The van der Waals surface area contributed by atoms with Crippen molar-refractivity contribution < 1.29 is 13.9 Å². The Balaban J connectivity index is 2.39. The first-order valence-electron chi connectivity index (χ1n) is 7.62. The molecule has 1 atom stereocenters. The van der Waals surface area contributed by atoms with Crippen molar-refractivity contribution in [1.82, 2.24) is 5.32 Å². The van der Waals surface area contributed by atoms with Gasteiger partial charge in [-0.15, -0.1) is 0 Å². The Labute approximate surface area is 126 Å². The number of hydrogen-bond donors (Lipinski definition) is 1. The maximum atomic E-state index is 6.04. The highest BCUT2D eigenvalue weighted by molar-refractivity contribution is 5.86. The second-order valence-corrected chi connectivity index (χ2v) is 5.19. The summed E-state index contributed by atoms with van der Waals surface area (Å²) in [5, 5.41) is 4.54. The molecule has 0 saturated carbocycles. The van der Waals surface area contributed by atoms with Gasteiger partial charge in [-0.05, 0) is 25.5 Å². The fourth-order valence-electron chi connectivity index (χ4n) is 2.51. The average molecular weight is 291 g/mol. The van der Waals surface area contributed by atoms with Gasteiger partial charge in [0.1, 0.15) is 22.8 Å². The lowest BCUT2D eigenvalue weighted by Gasteiger charge is -2.14. The van der Waals surface area contributed by atoms with Crippen molar-refractivity contribution in [2.45, 2.75) is 39.2 Å². The first-order valence-corrected chi connectivity index (χ1v) is 7.62. The Morgan fingerprint density at radius 3 is 2.52 bits per heavy atom. The van der Waals surface area contributed by atoms with Crippen molar-refractivity contribution >= 4 is 11.0 Å². The molecule has 1 unspecified atom stereocenters. The lowest BCUT2D eigenvalue weighted by molar-refractivity contribution is 0.394. The topological polar surface area (TPSA) is 43.6 Å². The van der Waals surface area contributed by atoms with Gasteiger partial charge in [-0.25, -0.2) is 0 Å². The molecule has 1 aromatic carbocycles. The molecule has 0 saturated heterocycles. The smallest absolute Gasteiger partial charge is 0.141 e. The van der Waals surface area contributed by atoms with E-state index in [9.17, 15) is 0 Å². The molecule has 1 N–H and O–H groups in total. The first-order chi connectivity index (χ1) is 10.2. The Hall–Kier alpha value is -1.68. The van der Waals surface area contributed by atoms with Crippen LogP contribution in [0, 0.1) is 0 Å². The minimum absolute atomic E-state index is 0.248. The summed E-state index contributed by atoms with van der Waals surface area (Å²) in [6.45, 7) is 5.34. The summed E-state index contributed by atoms with van der Waals surface area (Å²) in [7, 11) is 3.31. The summed E-state index contributed by atoms with van der Waals surface area (Å²) < 4.78 is 16.8. The van der Waals surface area contributed by atoms with Gasteiger partial charge in [0, 0.05) is 12.1 Å². The van der Waals surface area contributed by atoms with E-state index in [1.54, 1.807) is 14.2 Å². The minimum Gasteiger partial charge on any atom is -0.496 e. The number of furan rings is 1. The molecule has 4 nitrogen and oxygen atoms in total. The summed E-state index contributed by atoms with van der Waals surface area (Å²) in [6.07, 6.45) is 3.27. The van der Waals surface area contributed by atoms with Gasteiger partial charge < -0.3 is 19.2 Å². The van der Waals surface area contributed by atoms with Gasteiger partial charge >= 0.3 is 0 Å². The third-order valence-corrected chi connectivity index (χ3v) is 3.61. The lowest BCUT2D eigenvalue weighted by atomic mass is 10.1. The third kappa shape index (κ3) is 3.50. The molecule has 4 heteroatoms. The van der Waals surface area contributed by atoms with Gasteiger partial charge in [-0.1, -0.05) is 20.3 Å². The SMILES string of the molecule is CCCNC(CCC)c1cc2c(OC)cc(OC)cc2o1. The molecule has 0 aliphatic rings. The number of hydrogen-bond acceptors (Lipinski definition) is 4. The van der Waals surface area contributed by atoms with E-state index < -0.39 is 0 Å². The summed E-state index contributed by atoms with van der Waals surface area (Å²) in [6, 6.07) is 6.12. The molecule has 21 heavy (non-hydrogen) atoms. The van der Waals surface area contributed by atoms with Crippen molar-refractivity contribution in [2.75, 3.05) is 20.8 Å². The molecule has 0 fully saturated rings. The fourth-order valence-corrected chi connectivity index (χ4v) is 2.51. The van der Waals surface area contributed by atoms with Gasteiger partial charge in [0.2, 0.25) is 0 Å². The third-order valence-electron chi connectivity index (χ3n) is 3.61. The van der Waals surface area contributed by atoms with Crippen LogP contribution in [0.2, 0.25) is 0 Å². The molecule has 0 spiro atoms. The molecular weight excluding hydrogens is 266 g/mol. The number of benzene rings is 1. The molecule has 0 aliphatic heterocycles. The van der Waals surface area contributed by atoms with Crippen LogP contribution < -0.4 is 14.8 Å². The predicted octanol–water partition coefficient (Wildman–Crippen LogP) is 4.29. The fraction of sp³-hybridized carbons (Fsp3) is 0.529. The summed E-state index contributed by atoms with van der Waals surface area (Å²) in [5.41, 5.74) is 0.806. The van der Waals surface area contributed by atoms with E-state index in [-0.39, 0.29) is 6.04 Å². The molecule has 2 aromatic rings. The summed E-state index contributed by atoms with van der Waals surface area (Å²) in [5.74, 6) is 2.49. The predicted molar refractivity (Wildman–Crippen MR) is 85.3 cm³/mol. The Bertz CT molecular complexity index is 577. The van der Waals surface area contributed by atoms with Crippen molar-refractivity contribution in [3.63, 3.8) is 0 Å². The van der Waals surface area contributed by atoms with E-state index >= 15 is 0 Å². The van der Waals surface area contributed by atoms with Crippen LogP contribution in [0.4, 0.5) is 0 Å². The number of ether oxygens (including phenoxy) is 2. The number of nitrogens with one attached hydrogen (secondary N) is 1. The van der Waals surface area contributed by atoms with Crippen LogP contribution >= 0.6 is 0 Å². The van der Waals surface area contributed by atoms with Crippen LogP contribution in [-0.4, -0.2) is 20.8 Å². The summed E-state index contributed by atoms with van der Waals surface area (Å²) >= 11 is 0. The van der Waals surface area contributed by atoms with Crippen molar-refractivity contribution in [1.29, 1.82) is 0 Å². The van der Waals surface area contributed by atoms with Crippen LogP contribution in [0.1, 0.15) is 44.9 Å². The second kappa shape index (κ2) is 7.36. The van der Waals surface area contributed by atoms with Crippen molar-refractivity contribution in [3.8, 4) is 11.5 Å². The molecule has 1 aromatic heterocycles. The van der Waals surface area contributed by atoms with Gasteiger partial charge in [-0.2, -0.15) is 0 Å². The number of rotatable bonds is 8. The molecule has 0 bridgehead atoms. The molecule has 116 valence electrons. The van der Waals surface area contributed by atoms with Crippen LogP contribution in [0.5, 0.6) is 11.5 Å². The largest absolute Gasteiger partial charge is 0.496 e. The maximum absolute atomic E-state index is 6.04. The number of methoxy groups -OCH3 is 2. The van der Waals surface area contributed by atoms with Crippen LogP contribution in [0.3, 0.4) is 0 Å². The minimum atomic E-state index is 0.248. The maximum Gasteiger partial charge on any atom is 0.141 e. The van der Waals surface area contributed by atoms with Gasteiger partial charge in [0.25, 0.3) is 0 Å². The van der Waals surface area contributed by atoms with E-state index in [2.05, 4.69) is 25.2 Å². The quantitative estimate of drug-likeness (QED) is 0.788. The van der Waals surface area contributed by atoms with E-state index in [0.29, 0.717) is 0 Å². The zero-order valence-corrected chi connectivity index (χ0v) is 13.4. The van der Waals surface area contributed by atoms with E-state index in [1.807, 2.05) is 12.1 Å². The highest BCUT2D eigenvalue weighted by Gasteiger charge is 2.17. The normalized spacial score (nSPS) is 12.6. The van der Waals surface area contributed by atoms with Gasteiger partial charge in [0.05, 0.1) is 25.6 Å². The molecular formula is C17H25NO3. The summed E-state index contributed by atoms with van der Waals surface area (Å²) in [4.78, 5) is 0. The monoisotopic (exact) mass is 291 g/mol. The van der Waals surface area contributed by atoms with Crippen LogP contribution in [0.15, 0.2) is 22.6 Å². The van der Waals surface area contributed by atoms with Gasteiger partial charge in [-0.3, -0.25) is 0 Å².